The minimum Gasteiger partial charge on any atom is -0.334 e. The molecule has 13 rings (SSSR count). The summed E-state index contributed by atoms with van der Waals surface area (Å²) in [4.78, 5) is 8.20. The third-order valence-electron chi connectivity index (χ3n) is 19.7. The summed E-state index contributed by atoms with van der Waals surface area (Å²) >= 11 is 0. The zero-order valence-corrected chi connectivity index (χ0v) is 51.2. The van der Waals surface area contributed by atoms with Gasteiger partial charge in [-0.05, 0) is 169 Å². The number of anilines is 8. The fourth-order valence-electron chi connectivity index (χ4n) is 14.6. The van der Waals surface area contributed by atoms with Gasteiger partial charge in [0.2, 0.25) is 0 Å². The summed E-state index contributed by atoms with van der Waals surface area (Å²) in [6.45, 7) is 33.2. The summed E-state index contributed by atoms with van der Waals surface area (Å²) in [7, 11) is 0. The first-order valence-electron chi connectivity index (χ1n) is 30.4. The van der Waals surface area contributed by atoms with Crippen LogP contribution >= 0.6 is 0 Å². The average Bonchev–Trinajstić information content (AvgIpc) is 1.45. The van der Waals surface area contributed by atoms with Gasteiger partial charge in [0.25, 0.3) is 6.71 Å². The second kappa shape index (κ2) is 19.0. The van der Waals surface area contributed by atoms with Crippen molar-refractivity contribution < 1.29 is 0 Å². The summed E-state index contributed by atoms with van der Waals surface area (Å²) in [6, 6.07) is 75.8. The van der Waals surface area contributed by atoms with Crippen molar-refractivity contribution >= 4 is 68.6 Å². The zero-order valence-electron chi connectivity index (χ0n) is 51.2. The molecule has 2 unspecified atom stereocenters. The van der Waals surface area contributed by atoms with Crippen LogP contribution < -0.4 is 31.1 Å². The van der Waals surface area contributed by atoms with E-state index in [0.717, 1.165) is 12.8 Å². The first-order chi connectivity index (χ1) is 38.9. The predicted molar refractivity (Wildman–Crippen MR) is 354 cm³/mol. The van der Waals surface area contributed by atoms with E-state index in [2.05, 4.69) is 306 Å². The van der Waals surface area contributed by atoms with Gasteiger partial charge in [-0.25, -0.2) is 0 Å². The maximum Gasteiger partial charge on any atom is 0.252 e. The van der Waals surface area contributed by atoms with E-state index in [4.69, 9.17) is 0 Å². The largest absolute Gasteiger partial charge is 0.334 e. The van der Waals surface area contributed by atoms with E-state index < -0.39 is 0 Å². The summed E-state index contributed by atoms with van der Waals surface area (Å²) in [6.07, 6.45) is 4.63. The normalized spacial score (nSPS) is 18.4. The highest BCUT2D eigenvalue weighted by Crippen LogP contribution is 2.63. The van der Waals surface area contributed by atoms with Gasteiger partial charge in [-0.3, -0.25) is 0 Å². The van der Waals surface area contributed by atoms with Crippen molar-refractivity contribution in [1.82, 2.24) is 0 Å². The van der Waals surface area contributed by atoms with Crippen LogP contribution in [0.5, 0.6) is 0 Å². The number of hydrogen-bond acceptors (Lipinski definition) is 3. The van der Waals surface area contributed by atoms with Crippen molar-refractivity contribution in [3.63, 3.8) is 0 Å². The quantitative estimate of drug-likeness (QED) is 0.154. The molecule has 4 aliphatic rings. The lowest BCUT2D eigenvalue weighted by Crippen LogP contribution is -2.61. The molecule has 3 nitrogen and oxygen atoms in total. The third-order valence-corrected chi connectivity index (χ3v) is 19.7. The van der Waals surface area contributed by atoms with E-state index in [-0.39, 0.29) is 39.3 Å². The molecule has 2 atom stereocenters. The fourth-order valence-corrected chi connectivity index (χ4v) is 14.6. The van der Waals surface area contributed by atoms with Crippen molar-refractivity contribution in [2.45, 2.75) is 155 Å². The van der Waals surface area contributed by atoms with Crippen LogP contribution in [0.3, 0.4) is 0 Å². The number of para-hydroxylation sites is 1. The molecule has 0 radical (unpaired) electrons. The maximum atomic E-state index is 2.83. The highest BCUT2D eigenvalue weighted by molar-refractivity contribution is 7.00. The Kier molecular flexibility index (Phi) is 12.4. The van der Waals surface area contributed by atoms with Gasteiger partial charge in [-0.2, -0.15) is 0 Å². The van der Waals surface area contributed by atoms with Gasteiger partial charge >= 0.3 is 0 Å². The van der Waals surface area contributed by atoms with Crippen LogP contribution in [0.1, 0.15) is 150 Å². The Morgan fingerprint density at radius 2 is 0.805 bits per heavy atom. The van der Waals surface area contributed by atoms with Crippen LogP contribution in [-0.4, -0.2) is 12.3 Å². The topological polar surface area (TPSA) is 9.72 Å². The minimum atomic E-state index is -0.218. The Bertz CT molecular complexity index is 3960. The lowest BCUT2D eigenvalue weighted by atomic mass is 9.33. The van der Waals surface area contributed by atoms with Crippen molar-refractivity contribution in [3.05, 3.63) is 222 Å². The van der Waals surface area contributed by atoms with Gasteiger partial charge in [0.05, 0.1) is 16.9 Å². The van der Waals surface area contributed by atoms with Crippen LogP contribution in [0.2, 0.25) is 0 Å². The highest BCUT2D eigenvalue weighted by atomic mass is 15.3. The number of rotatable bonds is 6. The molecule has 0 amide bonds. The van der Waals surface area contributed by atoms with E-state index in [1.165, 1.54) is 136 Å². The molecule has 9 aromatic carbocycles. The summed E-state index contributed by atoms with van der Waals surface area (Å²) in [5.41, 5.74) is 27.6. The smallest absolute Gasteiger partial charge is 0.252 e. The summed E-state index contributed by atoms with van der Waals surface area (Å²) < 4.78 is 0. The number of nitrogens with zero attached hydrogens (tertiary/aromatic N) is 3. The van der Waals surface area contributed by atoms with E-state index in [0.29, 0.717) is 0 Å². The average molecular weight is 1070 g/mol. The molecule has 1 aliphatic carbocycles. The second-order valence-electron chi connectivity index (χ2n) is 29.0. The van der Waals surface area contributed by atoms with Crippen LogP contribution in [0.25, 0.3) is 33.4 Å². The number of fused-ring (bicyclic) bond motifs is 7. The molecule has 9 aromatic rings. The summed E-state index contributed by atoms with van der Waals surface area (Å²) in [5.74, 6) is 0. The Labute approximate surface area is 491 Å². The Balaban J connectivity index is 1.15. The molecular weight excluding hydrogens is 990 g/mol. The highest BCUT2D eigenvalue weighted by Gasteiger charge is 2.58. The van der Waals surface area contributed by atoms with Crippen molar-refractivity contribution in [1.29, 1.82) is 0 Å². The van der Waals surface area contributed by atoms with Gasteiger partial charge in [0.15, 0.2) is 0 Å². The predicted octanol–water partition coefficient (Wildman–Crippen LogP) is 19.7. The number of hydrogen-bond donors (Lipinski definition) is 0. The van der Waals surface area contributed by atoms with Gasteiger partial charge in [0.1, 0.15) is 0 Å². The Morgan fingerprint density at radius 1 is 0.354 bits per heavy atom. The van der Waals surface area contributed by atoms with Crippen LogP contribution in [0.15, 0.2) is 194 Å². The zero-order chi connectivity index (χ0) is 57.5. The Hall–Kier alpha value is -7.56. The minimum absolute atomic E-state index is 0.0385. The molecule has 1 fully saturated rings. The molecule has 0 aromatic heterocycles. The third kappa shape index (κ3) is 8.59. The maximum absolute atomic E-state index is 2.83. The standard InChI is InChI=1S/C78H82BN3/c1-73(2,3)55-34-31-51(32-35-55)54-33-40-67-62(45-54)77(13)43-23-24-44-78(77,14)82(67)59-49-70-72-71(50-59)81(66-42-38-57(75(7,8)9)47-61(66)53-27-19-16-20-28-53)69-48-58(76(10,11)12)36-39-64(69)79(72)63-29-21-22-30-68(63)80(70)65-41-37-56(74(4,5)6)46-60(65)52-25-17-15-18-26-52/h15-22,25-42,45-50H,23-24,43-44H2,1-14H3. The molecule has 0 N–H and O–H groups in total. The lowest BCUT2D eigenvalue weighted by Gasteiger charge is -2.51. The molecule has 0 saturated heterocycles. The molecule has 0 spiro atoms. The van der Waals surface area contributed by atoms with Crippen LogP contribution in [-0.2, 0) is 27.1 Å². The van der Waals surface area contributed by atoms with Crippen molar-refractivity contribution in [2.24, 2.45) is 0 Å². The van der Waals surface area contributed by atoms with E-state index >= 15 is 0 Å². The van der Waals surface area contributed by atoms with Crippen molar-refractivity contribution in [3.8, 4) is 33.4 Å². The first-order valence-corrected chi connectivity index (χ1v) is 30.4. The molecule has 0 bridgehead atoms. The molecular formula is C78H82BN3. The molecule has 412 valence electrons. The fraction of sp³-hybridized carbons (Fsp3) is 0.308. The van der Waals surface area contributed by atoms with Crippen molar-refractivity contribution in [2.75, 3.05) is 14.7 Å². The van der Waals surface area contributed by atoms with E-state index in [1.807, 2.05) is 0 Å². The van der Waals surface area contributed by atoms with Gasteiger partial charge < -0.3 is 14.7 Å². The molecule has 3 aliphatic heterocycles. The first kappa shape index (κ1) is 53.7. The van der Waals surface area contributed by atoms with Crippen LogP contribution in [0.4, 0.5) is 45.5 Å². The second-order valence-corrected chi connectivity index (χ2v) is 29.0. The molecule has 82 heavy (non-hydrogen) atoms. The summed E-state index contributed by atoms with van der Waals surface area (Å²) in [5, 5.41) is 0. The number of benzene rings is 9. The Morgan fingerprint density at radius 3 is 1.37 bits per heavy atom. The van der Waals surface area contributed by atoms with Gasteiger partial charge in [-0.1, -0.05) is 236 Å². The van der Waals surface area contributed by atoms with Gasteiger partial charge in [0, 0.05) is 50.7 Å². The monoisotopic (exact) mass is 1070 g/mol. The molecule has 1 saturated carbocycles. The van der Waals surface area contributed by atoms with E-state index in [1.54, 1.807) is 0 Å². The SMILES string of the molecule is CC(C)(C)c1ccc(-c2ccc3c(c2)C2(C)CCCCC2(C)N3c2cc3c4c(c2)N(c2ccc(C(C)(C)C)cc2-c2ccccc2)c2cc(C(C)(C)C)ccc2B4c2ccccc2N3c2ccc(C(C)(C)C)cc2-c2ccccc2)cc1. The molecule has 3 heterocycles. The molecule has 4 heteroatoms. The lowest BCUT2D eigenvalue weighted by molar-refractivity contribution is 0.195. The van der Waals surface area contributed by atoms with Crippen LogP contribution in [0, 0.1) is 0 Å². The van der Waals surface area contributed by atoms with E-state index in [9.17, 15) is 0 Å². The van der Waals surface area contributed by atoms with Gasteiger partial charge in [-0.15, -0.1) is 0 Å².